The highest BCUT2D eigenvalue weighted by atomic mass is 19.4. The van der Waals surface area contributed by atoms with Crippen LogP contribution in [0.5, 0.6) is 5.75 Å². The molecular formula is C9H9F3N2O4. The topological polar surface area (TPSA) is 105 Å². The number of alkyl halides is 3. The lowest BCUT2D eigenvalue weighted by Gasteiger charge is -2.14. The van der Waals surface area contributed by atoms with Crippen LogP contribution in [0.2, 0.25) is 0 Å². The van der Waals surface area contributed by atoms with E-state index < -0.39 is 35.6 Å². The first kappa shape index (κ1) is 14.0. The molecule has 0 aliphatic carbocycles. The molecule has 0 spiro atoms. The maximum atomic E-state index is 12.2. The first-order chi connectivity index (χ1) is 8.24. The number of nitrogens with one attached hydrogen (secondary N) is 1. The number of nitrogens with two attached hydrogens (primary N) is 1. The van der Waals surface area contributed by atoms with E-state index in [1.807, 2.05) is 0 Å². The standard InChI is InChI=1S/C9H9F3N2O4/c10-9(11,12)18-7-4(2-13)3-14-8(17)5(7)1-6(15)16/h3H,1-2,13H2,(H,14,17)(H,15,16). The molecule has 9 heteroatoms. The van der Waals surface area contributed by atoms with E-state index in [4.69, 9.17) is 10.8 Å². The normalized spacial score (nSPS) is 11.3. The molecule has 4 N–H and O–H groups in total. The highest BCUT2D eigenvalue weighted by molar-refractivity contribution is 5.71. The van der Waals surface area contributed by atoms with Crippen LogP contribution in [0.15, 0.2) is 11.0 Å². The van der Waals surface area contributed by atoms with Crippen LogP contribution in [0.25, 0.3) is 0 Å². The number of ether oxygens (including phenoxy) is 1. The number of aliphatic carboxylic acids is 1. The maximum Gasteiger partial charge on any atom is 0.573 e. The summed E-state index contributed by atoms with van der Waals surface area (Å²) in [7, 11) is 0. The van der Waals surface area contributed by atoms with Crippen molar-refractivity contribution >= 4 is 5.97 Å². The molecule has 0 saturated carbocycles. The monoisotopic (exact) mass is 266 g/mol. The number of pyridine rings is 1. The zero-order chi connectivity index (χ0) is 13.9. The SMILES string of the molecule is NCc1c[nH]c(=O)c(CC(=O)O)c1OC(F)(F)F. The van der Waals surface area contributed by atoms with Crippen LogP contribution in [0.4, 0.5) is 13.2 Å². The Labute approximate surface area is 98.2 Å². The van der Waals surface area contributed by atoms with Gasteiger partial charge in [-0.05, 0) is 0 Å². The van der Waals surface area contributed by atoms with Crippen LogP contribution >= 0.6 is 0 Å². The molecule has 0 atom stereocenters. The van der Waals surface area contributed by atoms with E-state index in [1.54, 1.807) is 0 Å². The fourth-order valence-corrected chi connectivity index (χ4v) is 1.31. The third-order valence-corrected chi connectivity index (χ3v) is 1.98. The molecule has 0 amide bonds. The Kier molecular flexibility index (Phi) is 3.96. The van der Waals surface area contributed by atoms with Crippen LogP contribution in [0.1, 0.15) is 11.1 Å². The lowest BCUT2D eigenvalue weighted by molar-refractivity contribution is -0.275. The van der Waals surface area contributed by atoms with Crippen LogP contribution in [-0.4, -0.2) is 22.4 Å². The number of hydrogen-bond donors (Lipinski definition) is 3. The molecule has 6 nitrogen and oxygen atoms in total. The quantitative estimate of drug-likeness (QED) is 0.729. The van der Waals surface area contributed by atoms with Gasteiger partial charge in [0.1, 0.15) is 5.75 Å². The van der Waals surface area contributed by atoms with Crippen molar-refractivity contribution in [2.45, 2.75) is 19.3 Å². The minimum atomic E-state index is -5.04. The summed E-state index contributed by atoms with van der Waals surface area (Å²) in [6.07, 6.45) is -4.98. The van der Waals surface area contributed by atoms with Gasteiger partial charge in [0.2, 0.25) is 0 Å². The van der Waals surface area contributed by atoms with Crippen molar-refractivity contribution in [2.24, 2.45) is 5.73 Å². The molecule has 0 unspecified atom stereocenters. The molecule has 0 aliphatic rings. The summed E-state index contributed by atoms with van der Waals surface area (Å²) >= 11 is 0. The zero-order valence-corrected chi connectivity index (χ0v) is 8.87. The fraction of sp³-hybridized carbons (Fsp3) is 0.333. The molecule has 18 heavy (non-hydrogen) atoms. The summed E-state index contributed by atoms with van der Waals surface area (Å²) in [5.41, 5.74) is 3.48. The van der Waals surface area contributed by atoms with Gasteiger partial charge in [-0.25, -0.2) is 0 Å². The Morgan fingerprint density at radius 3 is 2.56 bits per heavy atom. The van der Waals surface area contributed by atoms with E-state index in [0.29, 0.717) is 0 Å². The van der Waals surface area contributed by atoms with Gasteiger partial charge < -0.3 is 20.6 Å². The van der Waals surface area contributed by atoms with Gasteiger partial charge in [0.25, 0.3) is 5.56 Å². The number of halogens is 3. The van der Waals surface area contributed by atoms with Crippen molar-refractivity contribution in [1.82, 2.24) is 4.98 Å². The molecule has 1 aromatic heterocycles. The molecule has 0 bridgehead atoms. The third-order valence-electron chi connectivity index (χ3n) is 1.98. The van der Waals surface area contributed by atoms with E-state index in [0.717, 1.165) is 6.20 Å². The van der Waals surface area contributed by atoms with E-state index in [2.05, 4.69) is 9.72 Å². The smallest absolute Gasteiger partial charge is 0.481 e. The minimum Gasteiger partial charge on any atom is -0.481 e. The number of hydrogen-bond acceptors (Lipinski definition) is 4. The van der Waals surface area contributed by atoms with Crippen molar-refractivity contribution in [2.75, 3.05) is 0 Å². The Morgan fingerprint density at radius 1 is 1.50 bits per heavy atom. The Morgan fingerprint density at radius 2 is 2.11 bits per heavy atom. The summed E-state index contributed by atoms with van der Waals surface area (Å²) in [4.78, 5) is 23.9. The van der Waals surface area contributed by atoms with Crippen molar-refractivity contribution in [3.05, 3.63) is 27.7 Å². The molecule has 1 aromatic rings. The number of carboxylic acids is 1. The van der Waals surface area contributed by atoms with E-state index in [9.17, 15) is 22.8 Å². The number of carbonyl (C=O) groups is 1. The van der Waals surface area contributed by atoms with Crippen LogP contribution in [0, 0.1) is 0 Å². The molecule has 0 aromatic carbocycles. The highest BCUT2D eigenvalue weighted by Gasteiger charge is 2.34. The zero-order valence-electron chi connectivity index (χ0n) is 8.87. The predicted octanol–water partition coefficient (Wildman–Crippen LogP) is 0.359. The lowest BCUT2D eigenvalue weighted by Crippen LogP contribution is -2.25. The molecule has 1 heterocycles. The summed E-state index contributed by atoms with van der Waals surface area (Å²) in [5, 5.41) is 8.56. The second kappa shape index (κ2) is 5.08. The van der Waals surface area contributed by atoms with Gasteiger partial charge >= 0.3 is 12.3 Å². The summed E-state index contributed by atoms with van der Waals surface area (Å²) in [6.45, 7) is -0.338. The summed E-state index contributed by atoms with van der Waals surface area (Å²) in [5.74, 6) is -2.31. The van der Waals surface area contributed by atoms with Gasteiger partial charge in [-0.3, -0.25) is 9.59 Å². The largest absolute Gasteiger partial charge is 0.573 e. The summed E-state index contributed by atoms with van der Waals surface area (Å²) < 4.78 is 40.2. The second-order valence-corrected chi connectivity index (χ2v) is 3.27. The highest BCUT2D eigenvalue weighted by Crippen LogP contribution is 2.28. The molecular weight excluding hydrogens is 257 g/mol. The maximum absolute atomic E-state index is 12.2. The third kappa shape index (κ3) is 3.48. The Hall–Kier alpha value is -2.03. The van der Waals surface area contributed by atoms with Gasteiger partial charge in [0, 0.05) is 18.3 Å². The van der Waals surface area contributed by atoms with E-state index >= 15 is 0 Å². The number of aromatic amines is 1. The van der Waals surface area contributed by atoms with E-state index in [-0.39, 0.29) is 12.1 Å². The molecule has 1 rings (SSSR count). The van der Waals surface area contributed by atoms with Crippen molar-refractivity contribution in [3.63, 3.8) is 0 Å². The van der Waals surface area contributed by atoms with Gasteiger partial charge in [-0.15, -0.1) is 13.2 Å². The Balaban J connectivity index is 3.36. The number of H-pyrrole nitrogens is 1. The summed E-state index contributed by atoms with van der Waals surface area (Å²) in [6, 6.07) is 0. The van der Waals surface area contributed by atoms with Crippen LogP contribution in [0.3, 0.4) is 0 Å². The second-order valence-electron chi connectivity index (χ2n) is 3.27. The first-order valence-corrected chi connectivity index (χ1v) is 4.65. The fourth-order valence-electron chi connectivity index (χ4n) is 1.31. The van der Waals surface area contributed by atoms with Crippen LogP contribution < -0.4 is 16.0 Å². The average molecular weight is 266 g/mol. The van der Waals surface area contributed by atoms with Gasteiger partial charge in [-0.1, -0.05) is 0 Å². The van der Waals surface area contributed by atoms with Gasteiger partial charge in [0.05, 0.1) is 12.0 Å². The first-order valence-electron chi connectivity index (χ1n) is 4.65. The van der Waals surface area contributed by atoms with Gasteiger partial charge in [0.15, 0.2) is 0 Å². The van der Waals surface area contributed by atoms with Gasteiger partial charge in [-0.2, -0.15) is 0 Å². The Bertz CT molecular complexity index is 510. The molecule has 0 saturated heterocycles. The average Bonchev–Trinajstić information content (AvgIpc) is 2.21. The molecule has 100 valence electrons. The number of carboxylic acid groups (broad SMARTS) is 1. The predicted molar refractivity (Wildman–Crippen MR) is 53.0 cm³/mol. The molecule has 0 fully saturated rings. The molecule has 0 aliphatic heterocycles. The minimum absolute atomic E-state index is 0.136. The molecule has 0 radical (unpaired) electrons. The van der Waals surface area contributed by atoms with Crippen molar-refractivity contribution < 1.29 is 27.8 Å². The van der Waals surface area contributed by atoms with Crippen molar-refractivity contribution in [1.29, 1.82) is 0 Å². The lowest BCUT2D eigenvalue weighted by atomic mass is 10.1. The number of rotatable bonds is 4. The number of aromatic nitrogens is 1. The van der Waals surface area contributed by atoms with E-state index in [1.165, 1.54) is 0 Å². The van der Waals surface area contributed by atoms with Crippen molar-refractivity contribution in [3.8, 4) is 5.75 Å². The van der Waals surface area contributed by atoms with Crippen LogP contribution in [-0.2, 0) is 17.8 Å².